The summed E-state index contributed by atoms with van der Waals surface area (Å²) in [5.74, 6) is 0. The molecule has 0 radical (unpaired) electrons. The molecule has 0 amide bonds. The standard InChI is InChI=1S/C51H97N/c1-3-5-7-9-11-13-15-17-19-21-23-25-27-29-31-33-35-37-39-41-43-49-45-46-51(48-52)50(47-49)44-42-40-38-36-34-32-30-28-26-24-22-20-18-16-14-12-10-8-6-4-2/h45-47H,3-44,48,52H2,1-2H3. The van der Waals surface area contributed by atoms with Gasteiger partial charge in [0, 0.05) is 6.54 Å². The Kier molecular flexibility index (Phi) is 39.1. The molecule has 0 unspecified atom stereocenters. The summed E-state index contributed by atoms with van der Waals surface area (Å²) in [5.41, 5.74) is 10.6. The van der Waals surface area contributed by atoms with Crippen molar-refractivity contribution in [3.05, 3.63) is 34.9 Å². The normalized spacial score (nSPS) is 11.6. The Bertz CT molecular complexity index is 813. The molecule has 0 bridgehead atoms. The second-order valence-corrected chi connectivity index (χ2v) is 17.2. The van der Waals surface area contributed by atoms with Crippen LogP contribution in [0.5, 0.6) is 0 Å². The molecule has 0 spiro atoms. The zero-order chi connectivity index (χ0) is 37.3. The van der Waals surface area contributed by atoms with Crippen molar-refractivity contribution >= 4 is 0 Å². The summed E-state index contributed by atoms with van der Waals surface area (Å²) in [5, 5.41) is 0. The highest BCUT2D eigenvalue weighted by molar-refractivity contribution is 5.32. The molecule has 1 rings (SSSR count). The van der Waals surface area contributed by atoms with Gasteiger partial charge in [-0.2, -0.15) is 0 Å². The van der Waals surface area contributed by atoms with Crippen molar-refractivity contribution in [3.63, 3.8) is 0 Å². The lowest BCUT2D eigenvalue weighted by molar-refractivity contribution is 0.521. The van der Waals surface area contributed by atoms with E-state index in [1.165, 1.54) is 281 Å². The first-order valence-corrected chi connectivity index (χ1v) is 24.6. The molecule has 1 heteroatoms. The molecule has 0 heterocycles. The van der Waals surface area contributed by atoms with Crippen LogP contribution < -0.4 is 5.73 Å². The van der Waals surface area contributed by atoms with Gasteiger partial charge in [0.25, 0.3) is 0 Å². The summed E-state index contributed by atoms with van der Waals surface area (Å²) in [6.45, 7) is 5.31. The smallest absolute Gasteiger partial charge is 0.0180 e. The number of hydrogen-bond donors (Lipinski definition) is 1. The third-order valence-corrected chi connectivity index (χ3v) is 12.1. The Hall–Kier alpha value is -0.820. The molecule has 52 heavy (non-hydrogen) atoms. The third-order valence-electron chi connectivity index (χ3n) is 12.1. The quantitative estimate of drug-likeness (QED) is 0.0667. The third kappa shape index (κ3) is 33.7. The minimum atomic E-state index is 0.689. The highest BCUT2D eigenvalue weighted by atomic mass is 14.5. The van der Waals surface area contributed by atoms with Gasteiger partial charge in [0.05, 0.1) is 0 Å². The average Bonchev–Trinajstić information content (AvgIpc) is 3.16. The fourth-order valence-corrected chi connectivity index (χ4v) is 8.42. The summed E-state index contributed by atoms with van der Waals surface area (Å²) >= 11 is 0. The molecule has 0 aliphatic carbocycles. The number of unbranched alkanes of at least 4 members (excludes halogenated alkanes) is 38. The van der Waals surface area contributed by atoms with E-state index in [4.69, 9.17) is 5.73 Å². The SMILES string of the molecule is CCCCCCCCCCCCCCCCCCCCCCc1ccc(CN)c(CCCCCCCCCCCCCCCCCCCCCC)c1. The summed E-state index contributed by atoms with van der Waals surface area (Å²) in [6, 6.07) is 7.20. The van der Waals surface area contributed by atoms with Gasteiger partial charge in [-0.05, 0) is 42.4 Å². The monoisotopic (exact) mass is 724 g/mol. The van der Waals surface area contributed by atoms with Crippen LogP contribution in [0.25, 0.3) is 0 Å². The van der Waals surface area contributed by atoms with E-state index in [-0.39, 0.29) is 0 Å². The topological polar surface area (TPSA) is 26.0 Å². The first-order valence-electron chi connectivity index (χ1n) is 24.6. The minimum Gasteiger partial charge on any atom is -0.326 e. The zero-order valence-electron chi connectivity index (χ0n) is 36.2. The molecule has 0 aliphatic rings. The summed E-state index contributed by atoms with van der Waals surface area (Å²) in [6.07, 6.45) is 60.4. The second kappa shape index (κ2) is 41.3. The average molecular weight is 724 g/mol. The van der Waals surface area contributed by atoms with Gasteiger partial charge in [-0.15, -0.1) is 0 Å². The predicted molar refractivity (Wildman–Crippen MR) is 238 cm³/mol. The molecular formula is C51H97N. The van der Waals surface area contributed by atoms with Crippen LogP contribution in [0.15, 0.2) is 18.2 Å². The van der Waals surface area contributed by atoms with Gasteiger partial charge in [0.1, 0.15) is 0 Å². The lowest BCUT2D eigenvalue weighted by Crippen LogP contribution is -2.03. The van der Waals surface area contributed by atoms with Gasteiger partial charge in [-0.3, -0.25) is 0 Å². The molecule has 0 atom stereocenters. The first kappa shape index (κ1) is 49.2. The van der Waals surface area contributed by atoms with Gasteiger partial charge in [0.2, 0.25) is 0 Å². The zero-order valence-corrected chi connectivity index (χ0v) is 36.2. The Morgan fingerprint density at radius 2 is 0.538 bits per heavy atom. The molecule has 0 saturated heterocycles. The maximum Gasteiger partial charge on any atom is 0.0180 e. The van der Waals surface area contributed by atoms with Crippen LogP contribution in [-0.2, 0) is 19.4 Å². The van der Waals surface area contributed by atoms with Crippen LogP contribution in [0.3, 0.4) is 0 Å². The molecule has 1 nitrogen and oxygen atoms in total. The Morgan fingerprint density at radius 3 is 0.808 bits per heavy atom. The summed E-state index contributed by atoms with van der Waals surface area (Å²) in [7, 11) is 0. The minimum absolute atomic E-state index is 0.689. The van der Waals surface area contributed by atoms with Gasteiger partial charge < -0.3 is 5.73 Å². The summed E-state index contributed by atoms with van der Waals surface area (Å²) in [4.78, 5) is 0. The predicted octanol–water partition coefficient (Wildman–Crippen LogP) is 17.9. The van der Waals surface area contributed by atoms with Gasteiger partial charge in [0.15, 0.2) is 0 Å². The van der Waals surface area contributed by atoms with E-state index in [1.807, 2.05) is 0 Å². The Labute approximate surface area is 329 Å². The van der Waals surface area contributed by atoms with Crippen molar-refractivity contribution in [2.75, 3.05) is 0 Å². The molecule has 1 aromatic carbocycles. The van der Waals surface area contributed by atoms with Crippen molar-refractivity contribution in [2.45, 2.75) is 290 Å². The van der Waals surface area contributed by atoms with Gasteiger partial charge >= 0.3 is 0 Å². The van der Waals surface area contributed by atoms with Crippen LogP contribution in [0.4, 0.5) is 0 Å². The Morgan fingerprint density at radius 1 is 0.288 bits per heavy atom. The molecular weight excluding hydrogens is 627 g/mol. The largest absolute Gasteiger partial charge is 0.326 e. The van der Waals surface area contributed by atoms with Crippen molar-refractivity contribution in [1.29, 1.82) is 0 Å². The molecule has 0 saturated carbocycles. The van der Waals surface area contributed by atoms with E-state index < -0.39 is 0 Å². The van der Waals surface area contributed by atoms with E-state index >= 15 is 0 Å². The van der Waals surface area contributed by atoms with E-state index in [9.17, 15) is 0 Å². The van der Waals surface area contributed by atoms with Crippen LogP contribution in [0.1, 0.15) is 287 Å². The highest BCUT2D eigenvalue weighted by Gasteiger charge is 2.05. The number of benzene rings is 1. The first-order chi connectivity index (χ1) is 25.8. The van der Waals surface area contributed by atoms with Crippen molar-refractivity contribution in [1.82, 2.24) is 0 Å². The van der Waals surface area contributed by atoms with E-state index in [0.29, 0.717) is 6.54 Å². The molecule has 0 aliphatic heterocycles. The van der Waals surface area contributed by atoms with E-state index in [0.717, 1.165) is 0 Å². The number of aryl methyl sites for hydroxylation is 2. The maximum atomic E-state index is 6.13. The van der Waals surface area contributed by atoms with Crippen LogP contribution in [-0.4, -0.2) is 0 Å². The molecule has 0 fully saturated rings. The lowest BCUT2D eigenvalue weighted by atomic mass is 9.95. The van der Waals surface area contributed by atoms with Crippen molar-refractivity contribution in [3.8, 4) is 0 Å². The second-order valence-electron chi connectivity index (χ2n) is 17.2. The van der Waals surface area contributed by atoms with Crippen LogP contribution >= 0.6 is 0 Å². The van der Waals surface area contributed by atoms with Crippen LogP contribution in [0.2, 0.25) is 0 Å². The van der Waals surface area contributed by atoms with Gasteiger partial charge in [-0.25, -0.2) is 0 Å². The molecule has 1 aromatic rings. The molecule has 0 aromatic heterocycles. The fraction of sp³-hybridized carbons (Fsp3) is 0.882. The van der Waals surface area contributed by atoms with E-state index in [1.54, 1.807) is 5.56 Å². The fourth-order valence-electron chi connectivity index (χ4n) is 8.42. The molecule has 2 N–H and O–H groups in total. The lowest BCUT2D eigenvalue weighted by Gasteiger charge is -2.11. The maximum absolute atomic E-state index is 6.13. The summed E-state index contributed by atoms with van der Waals surface area (Å²) < 4.78 is 0. The number of hydrogen-bond acceptors (Lipinski definition) is 1. The van der Waals surface area contributed by atoms with Crippen molar-refractivity contribution in [2.24, 2.45) is 5.73 Å². The highest BCUT2D eigenvalue weighted by Crippen LogP contribution is 2.20. The number of rotatable bonds is 43. The van der Waals surface area contributed by atoms with E-state index in [2.05, 4.69) is 32.0 Å². The molecule has 306 valence electrons. The Balaban J connectivity index is 1.90. The van der Waals surface area contributed by atoms with Crippen molar-refractivity contribution < 1.29 is 0 Å². The van der Waals surface area contributed by atoms with Gasteiger partial charge in [-0.1, -0.05) is 276 Å². The van der Waals surface area contributed by atoms with Crippen LogP contribution in [0, 0.1) is 0 Å². The number of nitrogens with two attached hydrogens (primary N) is 1.